The fourth-order valence-electron chi connectivity index (χ4n) is 3.81. The molecule has 0 spiro atoms. The summed E-state index contributed by atoms with van der Waals surface area (Å²) in [5.74, 6) is -1.71. The first-order valence-corrected chi connectivity index (χ1v) is 11.4. The van der Waals surface area contributed by atoms with Gasteiger partial charge in [0.15, 0.2) is 11.5 Å². The second-order valence-electron chi connectivity index (χ2n) is 7.95. The van der Waals surface area contributed by atoms with Gasteiger partial charge in [-0.15, -0.1) is 0 Å². The van der Waals surface area contributed by atoms with Crippen molar-refractivity contribution in [1.29, 1.82) is 0 Å². The van der Waals surface area contributed by atoms with Crippen LogP contribution in [0.2, 0.25) is 10.0 Å². The van der Waals surface area contributed by atoms with Gasteiger partial charge in [0.05, 0.1) is 16.6 Å². The number of carbonyl (C=O) groups is 1. The Balaban J connectivity index is 1.76. The molecule has 1 fully saturated rings. The van der Waals surface area contributed by atoms with E-state index < -0.39 is 23.6 Å². The van der Waals surface area contributed by atoms with Crippen LogP contribution in [0.3, 0.4) is 0 Å². The number of aliphatic imine (C=N–C) groups is 1. The largest absolute Gasteiger partial charge is 0.435 e. The number of hydrogen-bond acceptors (Lipinski definition) is 3. The predicted octanol–water partition coefficient (Wildman–Crippen LogP) is 6.99. The third kappa shape index (κ3) is 6.12. The van der Waals surface area contributed by atoms with Gasteiger partial charge in [-0.25, -0.2) is 9.07 Å². The lowest BCUT2D eigenvalue weighted by molar-refractivity contribution is -0.141. The molecule has 1 aromatic heterocycles. The van der Waals surface area contributed by atoms with E-state index in [-0.39, 0.29) is 39.1 Å². The number of guanidine groups is 1. The summed E-state index contributed by atoms with van der Waals surface area (Å²) in [5.41, 5.74) is -0.869. The van der Waals surface area contributed by atoms with Gasteiger partial charge in [-0.1, -0.05) is 48.2 Å². The minimum absolute atomic E-state index is 0.0691. The van der Waals surface area contributed by atoms with Gasteiger partial charge in [-0.3, -0.25) is 10.1 Å². The van der Waals surface area contributed by atoms with Gasteiger partial charge < -0.3 is 5.32 Å². The molecule has 6 nitrogen and oxygen atoms in total. The fraction of sp³-hybridized carbons (Fsp3) is 0.261. The monoisotopic (exact) mass is 527 g/mol. The molecule has 1 aliphatic rings. The van der Waals surface area contributed by atoms with Crippen molar-refractivity contribution in [3.8, 4) is 0 Å². The zero-order valence-electron chi connectivity index (χ0n) is 18.0. The molecule has 12 heteroatoms. The summed E-state index contributed by atoms with van der Waals surface area (Å²) in [6.45, 7) is 0. The van der Waals surface area contributed by atoms with Gasteiger partial charge in [0.25, 0.3) is 5.91 Å². The van der Waals surface area contributed by atoms with E-state index in [9.17, 15) is 22.4 Å². The van der Waals surface area contributed by atoms with Crippen molar-refractivity contribution in [2.24, 2.45) is 4.99 Å². The Morgan fingerprint density at radius 2 is 1.80 bits per heavy atom. The van der Waals surface area contributed by atoms with Gasteiger partial charge in [-0.2, -0.15) is 23.3 Å². The molecule has 35 heavy (non-hydrogen) atoms. The highest BCUT2D eigenvalue weighted by Gasteiger charge is 2.36. The van der Waals surface area contributed by atoms with Crippen LogP contribution >= 0.6 is 23.2 Å². The minimum Gasteiger partial charge on any atom is -0.325 e. The lowest BCUT2D eigenvalue weighted by atomic mass is 10.2. The average Bonchev–Trinajstić information content (AvgIpc) is 3.42. The van der Waals surface area contributed by atoms with Crippen molar-refractivity contribution in [2.75, 3.05) is 5.32 Å². The Morgan fingerprint density at radius 3 is 2.46 bits per heavy atom. The molecule has 2 aromatic carbocycles. The molecule has 4 rings (SSSR count). The normalized spacial score (nSPS) is 14.9. The third-order valence-corrected chi connectivity index (χ3v) is 5.93. The van der Waals surface area contributed by atoms with Crippen LogP contribution < -0.4 is 10.6 Å². The van der Waals surface area contributed by atoms with E-state index >= 15 is 0 Å². The predicted molar refractivity (Wildman–Crippen MR) is 126 cm³/mol. The number of hydrogen-bond donors (Lipinski definition) is 2. The van der Waals surface area contributed by atoms with Crippen LogP contribution in [0, 0.1) is 5.82 Å². The minimum atomic E-state index is -4.68. The highest BCUT2D eigenvalue weighted by Crippen LogP contribution is 2.37. The van der Waals surface area contributed by atoms with E-state index in [2.05, 4.69) is 20.7 Å². The number of carbonyl (C=O) groups excluding carboxylic acids is 1. The summed E-state index contributed by atoms with van der Waals surface area (Å²) in [7, 11) is 0. The number of benzene rings is 2. The molecule has 1 aliphatic carbocycles. The topological polar surface area (TPSA) is 71.3 Å². The van der Waals surface area contributed by atoms with E-state index in [1.165, 1.54) is 22.9 Å². The summed E-state index contributed by atoms with van der Waals surface area (Å²) < 4.78 is 55.4. The van der Waals surface area contributed by atoms with Crippen LogP contribution in [0.25, 0.3) is 0 Å². The molecule has 0 saturated heterocycles. The van der Waals surface area contributed by atoms with E-state index in [0.717, 1.165) is 31.0 Å². The molecule has 0 radical (unpaired) electrons. The number of alkyl halides is 3. The number of nitrogens with zero attached hydrogens (tertiary/aromatic N) is 3. The molecule has 0 aliphatic heterocycles. The summed E-state index contributed by atoms with van der Waals surface area (Å²) in [6, 6.07) is 10.3. The van der Waals surface area contributed by atoms with Crippen LogP contribution in [0.15, 0.2) is 53.5 Å². The van der Waals surface area contributed by atoms with Crippen molar-refractivity contribution in [3.05, 3.63) is 75.7 Å². The first-order valence-electron chi connectivity index (χ1n) is 10.6. The molecule has 2 N–H and O–H groups in total. The van der Waals surface area contributed by atoms with Crippen LogP contribution in [0.5, 0.6) is 0 Å². The molecular formula is C23H19Cl2F4N5O. The van der Waals surface area contributed by atoms with E-state index in [1.54, 1.807) is 12.1 Å². The maximum Gasteiger partial charge on any atom is 0.435 e. The number of aromatic nitrogens is 2. The number of nitrogens with one attached hydrogen (secondary N) is 2. The second kappa shape index (κ2) is 10.2. The molecule has 0 atom stereocenters. The maximum absolute atomic E-state index is 13.9. The van der Waals surface area contributed by atoms with Crippen molar-refractivity contribution >= 4 is 46.6 Å². The fourth-order valence-corrected chi connectivity index (χ4v) is 4.25. The Hall–Kier alpha value is -3.11. The zero-order valence-corrected chi connectivity index (χ0v) is 19.6. The second-order valence-corrected chi connectivity index (χ2v) is 8.79. The molecule has 1 heterocycles. The summed E-state index contributed by atoms with van der Waals surface area (Å²) in [4.78, 5) is 17.1. The maximum atomic E-state index is 13.9. The first-order chi connectivity index (χ1) is 16.6. The number of rotatable bonds is 4. The summed E-state index contributed by atoms with van der Waals surface area (Å²) in [6.07, 6.45) is -1.68. The van der Waals surface area contributed by atoms with Crippen LogP contribution in [-0.2, 0) is 6.18 Å². The van der Waals surface area contributed by atoms with Gasteiger partial charge in [-0.05, 0) is 43.2 Å². The van der Waals surface area contributed by atoms with Crippen molar-refractivity contribution < 1.29 is 22.4 Å². The standard InChI is InChI=1S/C23H19Cl2F4N5O/c24-13-9-14(26)11-15(10-13)30-22(32-21(35)17-7-3-4-8-18(17)25)31-20-12-19(23(27,28)29)33-34(20)16-5-1-2-6-16/h3-4,7-12,16H,1-2,5-6H2,(H2,30,31,32,35). The first kappa shape index (κ1) is 25.0. The van der Waals surface area contributed by atoms with Crippen molar-refractivity contribution in [1.82, 2.24) is 15.1 Å². The van der Waals surface area contributed by atoms with Crippen molar-refractivity contribution in [2.45, 2.75) is 37.9 Å². The highest BCUT2D eigenvalue weighted by molar-refractivity contribution is 6.34. The van der Waals surface area contributed by atoms with Crippen LogP contribution in [0.4, 0.5) is 29.1 Å². The van der Waals surface area contributed by atoms with E-state index in [1.807, 2.05) is 0 Å². The van der Waals surface area contributed by atoms with E-state index in [4.69, 9.17) is 23.2 Å². The molecule has 1 saturated carbocycles. The molecule has 1 amide bonds. The molecule has 3 aromatic rings. The lowest BCUT2D eigenvalue weighted by Crippen LogP contribution is -2.36. The molecular weight excluding hydrogens is 509 g/mol. The van der Waals surface area contributed by atoms with Gasteiger partial charge >= 0.3 is 6.18 Å². The van der Waals surface area contributed by atoms with Crippen LogP contribution in [-0.4, -0.2) is 21.6 Å². The Labute approximate surface area is 207 Å². The summed E-state index contributed by atoms with van der Waals surface area (Å²) in [5, 5.41) is 9.20. The van der Waals surface area contributed by atoms with Crippen molar-refractivity contribution in [3.63, 3.8) is 0 Å². The highest BCUT2D eigenvalue weighted by atomic mass is 35.5. The van der Waals surface area contributed by atoms with Gasteiger partial charge in [0.1, 0.15) is 5.82 Å². The SMILES string of the molecule is O=C(N/C(=N/c1cc(C(F)(F)F)nn1C1CCCC1)Nc1cc(F)cc(Cl)c1)c1ccccc1Cl. The quantitative estimate of drug-likeness (QED) is 0.218. The zero-order chi connectivity index (χ0) is 25.2. The van der Waals surface area contributed by atoms with Gasteiger partial charge in [0.2, 0.25) is 5.96 Å². The Kier molecular flexibility index (Phi) is 7.32. The smallest absolute Gasteiger partial charge is 0.325 e. The summed E-state index contributed by atoms with van der Waals surface area (Å²) >= 11 is 12.0. The van der Waals surface area contributed by atoms with Crippen LogP contribution in [0.1, 0.15) is 47.8 Å². The third-order valence-electron chi connectivity index (χ3n) is 5.38. The molecule has 0 unspecified atom stereocenters. The number of anilines is 1. The molecule has 0 bridgehead atoms. The molecule has 184 valence electrons. The average molecular weight is 528 g/mol. The Morgan fingerprint density at radius 1 is 1.09 bits per heavy atom. The lowest BCUT2D eigenvalue weighted by Gasteiger charge is -2.15. The number of amides is 1. The Bertz CT molecular complexity index is 1250. The van der Waals surface area contributed by atoms with E-state index in [0.29, 0.717) is 12.8 Å². The number of halogens is 6. The van der Waals surface area contributed by atoms with Gasteiger partial charge in [0, 0.05) is 16.8 Å².